The molecule has 0 bridgehead atoms. The number of anilines is 1. The molecular weight excluding hydrogens is 414 g/mol. The maximum absolute atomic E-state index is 12.9. The van der Waals surface area contributed by atoms with Crippen LogP contribution in [0.25, 0.3) is 21.7 Å². The third kappa shape index (κ3) is 4.61. The van der Waals surface area contributed by atoms with E-state index in [1.807, 2.05) is 42.5 Å². The summed E-state index contributed by atoms with van der Waals surface area (Å²) >= 11 is 0. The molecule has 2 amide bonds. The molecule has 0 unspecified atom stereocenters. The molecule has 168 valence electrons. The number of piperidine rings is 1. The summed E-state index contributed by atoms with van der Waals surface area (Å²) in [6, 6.07) is 20.1. The number of fused-ring (bicyclic) bond motifs is 3. The molecule has 0 radical (unpaired) electrons. The average Bonchev–Trinajstić information content (AvgIpc) is 3.23. The highest BCUT2D eigenvalue weighted by molar-refractivity contribution is 6.09. The van der Waals surface area contributed by atoms with E-state index in [2.05, 4.69) is 28.4 Å². The SMILES string of the molecule is NC(=O)C1CCN(Cc2cccc(NC(=O)Cc3coc4ccc5ccccc5c34)c2)CC1. The smallest absolute Gasteiger partial charge is 0.228 e. The number of rotatable bonds is 6. The van der Waals surface area contributed by atoms with Crippen molar-refractivity contribution in [2.24, 2.45) is 11.7 Å². The molecule has 2 heterocycles. The zero-order valence-electron chi connectivity index (χ0n) is 18.4. The van der Waals surface area contributed by atoms with E-state index in [-0.39, 0.29) is 24.2 Å². The Morgan fingerprint density at radius 3 is 2.67 bits per heavy atom. The molecule has 0 saturated carbocycles. The Labute approximate surface area is 192 Å². The molecule has 5 rings (SSSR count). The van der Waals surface area contributed by atoms with Gasteiger partial charge >= 0.3 is 0 Å². The van der Waals surface area contributed by atoms with Crippen molar-refractivity contribution in [3.8, 4) is 0 Å². The first-order valence-electron chi connectivity index (χ1n) is 11.3. The van der Waals surface area contributed by atoms with E-state index in [1.54, 1.807) is 6.26 Å². The van der Waals surface area contributed by atoms with E-state index >= 15 is 0 Å². The van der Waals surface area contributed by atoms with Crippen molar-refractivity contribution < 1.29 is 14.0 Å². The molecule has 3 N–H and O–H groups in total. The summed E-state index contributed by atoms with van der Waals surface area (Å²) < 4.78 is 5.72. The predicted octanol–water partition coefficient (Wildman–Crippen LogP) is 4.46. The van der Waals surface area contributed by atoms with Crippen LogP contribution in [0.1, 0.15) is 24.0 Å². The van der Waals surface area contributed by atoms with E-state index in [1.165, 1.54) is 0 Å². The van der Waals surface area contributed by atoms with Gasteiger partial charge in [0.1, 0.15) is 5.58 Å². The summed E-state index contributed by atoms with van der Waals surface area (Å²) in [4.78, 5) is 26.6. The number of amides is 2. The third-order valence-electron chi connectivity index (χ3n) is 6.50. The second kappa shape index (κ2) is 9.08. The van der Waals surface area contributed by atoms with Gasteiger partial charge in [-0.1, -0.05) is 42.5 Å². The fraction of sp³-hybridized carbons (Fsp3) is 0.259. The lowest BCUT2D eigenvalue weighted by molar-refractivity contribution is -0.123. The van der Waals surface area contributed by atoms with Gasteiger partial charge in [0, 0.05) is 29.1 Å². The Kier molecular flexibility index (Phi) is 5.84. The number of hydrogen-bond donors (Lipinski definition) is 2. The van der Waals surface area contributed by atoms with Crippen molar-refractivity contribution in [2.45, 2.75) is 25.8 Å². The highest BCUT2D eigenvalue weighted by Crippen LogP contribution is 2.30. The summed E-state index contributed by atoms with van der Waals surface area (Å²) in [6.07, 6.45) is 3.53. The van der Waals surface area contributed by atoms with Crippen LogP contribution in [0, 0.1) is 5.92 Å². The molecule has 1 saturated heterocycles. The Morgan fingerprint density at radius 1 is 1.03 bits per heavy atom. The van der Waals surface area contributed by atoms with Gasteiger partial charge in [0.25, 0.3) is 0 Å². The number of carbonyl (C=O) groups excluding carboxylic acids is 2. The first-order valence-corrected chi connectivity index (χ1v) is 11.3. The van der Waals surface area contributed by atoms with Crippen LogP contribution < -0.4 is 11.1 Å². The molecule has 3 aromatic carbocycles. The van der Waals surface area contributed by atoms with Crippen molar-refractivity contribution in [1.82, 2.24) is 4.90 Å². The second-order valence-corrected chi connectivity index (χ2v) is 8.80. The molecule has 4 aromatic rings. The van der Waals surface area contributed by atoms with Gasteiger partial charge < -0.3 is 15.5 Å². The van der Waals surface area contributed by atoms with Crippen molar-refractivity contribution in [3.63, 3.8) is 0 Å². The normalized spacial score (nSPS) is 15.2. The number of benzene rings is 3. The molecule has 0 atom stereocenters. The number of likely N-dealkylation sites (tertiary alicyclic amines) is 1. The lowest BCUT2D eigenvalue weighted by Gasteiger charge is -2.30. The minimum atomic E-state index is -0.197. The van der Waals surface area contributed by atoms with Crippen LogP contribution >= 0.6 is 0 Å². The molecular formula is C27H27N3O3. The Morgan fingerprint density at radius 2 is 1.85 bits per heavy atom. The van der Waals surface area contributed by atoms with Gasteiger partial charge in [-0.2, -0.15) is 0 Å². The van der Waals surface area contributed by atoms with Gasteiger partial charge in [-0.3, -0.25) is 14.5 Å². The van der Waals surface area contributed by atoms with E-state index in [0.717, 1.165) is 71.0 Å². The molecule has 6 heteroatoms. The number of primary amides is 1. The van der Waals surface area contributed by atoms with Crippen molar-refractivity contribution in [3.05, 3.63) is 78.1 Å². The number of nitrogens with zero attached hydrogens (tertiary/aromatic N) is 1. The maximum Gasteiger partial charge on any atom is 0.228 e. The monoisotopic (exact) mass is 441 g/mol. The standard InChI is InChI=1S/C27H27N3O3/c28-27(32)20-10-12-30(13-11-20)16-18-4-3-6-22(14-18)29-25(31)15-21-17-33-24-9-8-19-5-1-2-7-23(19)26(21)24/h1-9,14,17,20H,10-13,15-16H2,(H2,28,32)(H,29,31). The van der Waals surface area contributed by atoms with Crippen LogP contribution in [0.15, 0.2) is 71.3 Å². The van der Waals surface area contributed by atoms with E-state index in [9.17, 15) is 9.59 Å². The van der Waals surface area contributed by atoms with Gasteiger partial charge in [-0.15, -0.1) is 0 Å². The lowest BCUT2D eigenvalue weighted by Crippen LogP contribution is -2.38. The summed E-state index contributed by atoms with van der Waals surface area (Å²) in [5.41, 5.74) is 9.02. The van der Waals surface area contributed by atoms with Crippen molar-refractivity contribution >= 4 is 39.2 Å². The van der Waals surface area contributed by atoms with Crippen LogP contribution in [0.3, 0.4) is 0 Å². The zero-order valence-corrected chi connectivity index (χ0v) is 18.4. The third-order valence-corrected chi connectivity index (χ3v) is 6.50. The fourth-order valence-corrected chi connectivity index (χ4v) is 4.76. The van der Waals surface area contributed by atoms with E-state index in [4.69, 9.17) is 10.2 Å². The number of nitrogens with two attached hydrogens (primary N) is 1. The summed E-state index contributed by atoms with van der Waals surface area (Å²) in [5, 5.41) is 6.25. The number of carbonyl (C=O) groups is 2. The number of hydrogen-bond acceptors (Lipinski definition) is 4. The molecule has 0 spiro atoms. The molecule has 1 fully saturated rings. The molecule has 1 aliphatic rings. The molecule has 33 heavy (non-hydrogen) atoms. The Hall–Kier alpha value is -3.64. The van der Waals surface area contributed by atoms with Crippen molar-refractivity contribution in [1.29, 1.82) is 0 Å². The van der Waals surface area contributed by atoms with Crippen LogP contribution in [0.4, 0.5) is 5.69 Å². The van der Waals surface area contributed by atoms with Gasteiger partial charge in [0.05, 0.1) is 12.7 Å². The van der Waals surface area contributed by atoms with Gasteiger partial charge in [0.15, 0.2) is 0 Å². The first kappa shape index (κ1) is 21.2. The predicted molar refractivity (Wildman–Crippen MR) is 130 cm³/mol. The molecule has 1 aliphatic heterocycles. The topological polar surface area (TPSA) is 88.6 Å². The highest BCUT2D eigenvalue weighted by Gasteiger charge is 2.23. The maximum atomic E-state index is 12.9. The fourth-order valence-electron chi connectivity index (χ4n) is 4.76. The molecule has 1 aromatic heterocycles. The van der Waals surface area contributed by atoms with E-state index < -0.39 is 0 Å². The quantitative estimate of drug-likeness (QED) is 0.462. The zero-order chi connectivity index (χ0) is 22.8. The number of furan rings is 1. The van der Waals surface area contributed by atoms with Crippen LogP contribution in [0.5, 0.6) is 0 Å². The van der Waals surface area contributed by atoms with Crippen molar-refractivity contribution in [2.75, 3.05) is 18.4 Å². The first-order chi connectivity index (χ1) is 16.1. The molecule has 0 aliphatic carbocycles. The molecule has 6 nitrogen and oxygen atoms in total. The minimum Gasteiger partial charge on any atom is -0.464 e. The second-order valence-electron chi connectivity index (χ2n) is 8.80. The highest BCUT2D eigenvalue weighted by atomic mass is 16.3. The summed E-state index contributed by atoms with van der Waals surface area (Å²) in [7, 11) is 0. The van der Waals surface area contributed by atoms with Gasteiger partial charge in [-0.05, 0) is 60.5 Å². The van der Waals surface area contributed by atoms with Crippen LogP contribution in [-0.2, 0) is 22.6 Å². The largest absolute Gasteiger partial charge is 0.464 e. The van der Waals surface area contributed by atoms with E-state index in [0.29, 0.717) is 0 Å². The minimum absolute atomic E-state index is 0.0111. The average molecular weight is 442 g/mol. The van der Waals surface area contributed by atoms with Crippen LogP contribution in [-0.4, -0.2) is 29.8 Å². The lowest BCUT2D eigenvalue weighted by atomic mass is 9.96. The van der Waals surface area contributed by atoms with Gasteiger partial charge in [0.2, 0.25) is 11.8 Å². The summed E-state index contributed by atoms with van der Waals surface area (Å²) in [6.45, 7) is 2.49. The Balaban J connectivity index is 1.26. The number of nitrogens with one attached hydrogen (secondary N) is 1. The van der Waals surface area contributed by atoms with Crippen LogP contribution in [0.2, 0.25) is 0 Å². The van der Waals surface area contributed by atoms with Gasteiger partial charge in [-0.25, -0.2) is 0 Å². The Bertz CT molecular complexity index is 1320. The summed E-state index contributed by atoms with van der Waals surface area (Å²) in [5.74, 6) is -0.286.